The molecule has 0 saturated heterocycles. The summed E-state index contributed by atoms with van der Waals surface area (Å²) in [7, 11) is 0. The molecule has 1 heterocycles. The lowest BCUT2D eigenvalue weighted by Crippen LogP contribution is -2.26. The molecule has 1 unspecified atom stereocenters. The Morgan fingerprint density at radius 3 is 2.68 bits per heavy atom. The highest BCUT2D eigenvalue weighted by molar-refractivity contribution is 5.94. The summed E-state index contributed by atoms with van der Waals surface area (Å²) >= 11 is 0. The summed E-state index contributed by atoms with van der Waals surface area (Å²) in [5.74, 6) is 1.25. The van der Waals surface area contributed by atoms with E-state index in [9.17, 15) is 4.79 Å². The first-order valence-corrected chi connectivity index (χ1v) is 8.37. The topological polar surface area (TPSA) is 77.5 Å². The van der Waals surface area contributed by atoms with E-state index in [0.29, 0.717) is 35.8 Å². The molecule has 1 amide bonds. The van der Waals surface area contributed by atoms with Crippen LogP contribution in [0.15, 0.2) is 52.9 Å². The summed E-state index contributed by atoms with van der Waals surface area (Å²) in [4.78, 5) is 12.4. The monoisotopic (exact) mass is 338 g/mol. The quantitative estimate of drug-likeness (QED) is 0.717. The molecule has 0 aliphatic heterocycles. The Bertz CT molecular complexity index is 868. The van der Waals surface area contributed by atoms with Crippen molar-refractivity contribution in [1.29, 1.82) is 0 Å². The van der Waals surface area contributed by atoms with E-state index in [1.165, 1.54) is 0 Å². The largest absolute Gasteiger partial charge is 0.490 e. The molecule has 0 aliphatic rings. The van der Waals surface area contributed by atoms with Crippen molar-refractivity contribution in [3.8, 4) is 5.75 Å². The van der Waals surface area contributed by atoms with Crippen LogP contribution in [-0.4, -0.2) is 12.5 Å². The molecule has 0 bridgehead atoms. The lowest BCUT2D eigenvalue weighted by atomic mass is 10.1. The van der Waals surface area contributed by atoms with E-state index >= 15 is 0 Å². The zero-order chi connectivity index (χ0) is 17.8. The van der Waals surface area contributed by atoms with E-state index in [1.807, 2.05) is 50.2 Å². The van der Waals surface area contributed by atoms with Crippen LogP contribution in [0, 0.1) is 0 Å². The maximum Gasteiger partial charge on any atom is 0.251 e. The third kappa shape index (κ3) is 3.67. The van der Waals surface area contributed by atoms with Crippen LogP contribution in [0.3, 0.4) is 0 Å². The van der Waals surface area contributed by atoms with E-state index in [-0.39, 0.29) is 11.9 Å². The standard InChI is InChI=1S/C20H22N2O3/c1-3-24-17-6-4-5-16-11-18(25-19(16)17)13(2)22-20(23)15-9-7-14(12-21)8-10-15/h4-11,13H,3,12,21H2,1-2H3,(H,22,23). The number of rotatable bonds is 6. The van der Waals surface area contributed by atoms with E-state index in [0.717, 1.165) is 10.9 Å². The van der Waals surface area contributed by atoms with Gasteiger partial charge in [-0.2, -0.15) is 0 Å². The molecule has 1 atom stereocenters. The van der Waals surface area contributed by atoms with Gasteiger partial charge in [0.1, 0.15) is 5.76 Å². The molecule has 3 rings (SSSR count). The average molecular weight is 338 g/mol. The second kappa shape index (κ2) is 7.40. The highest BCUT2D eigenvalue weighted by Gasteiger charge is 2.17. The zero-order valence-corrected chi connectivity index (χ0v) is 14.4. The molecule has 25 heavy (non-hydrogen) atoms. The summed E-state index contributed by atoms with van der Waals surface area (Å²) in [5, 5.41) is 3.91. The first kappa shape index (κ1) is 17.0. The van der Waals surface area contributed by atoms with Gasteiger partial charge < -0.3 is 20.2 Å². The number of para-hydroxylation sites is 1. The number of hydrogen-bond donors (Lipinski definition) is 2. The average Bonchev–Trinajstić information content (AvgIpc) is 3.07. The Kier molecular flexibility index (Phi) is 5.05. The molecule has 0 saturated carbocycles. The molecule has 130 valence electrons. The number of fused-ring (bicyclic) bond motifs is 1. The van der Waals surface area contributed by atoms with E-state index in [2.05, 4.69) is 5.32 Å². The number of furan rings is 1. The van der Waals surface area contributed by atoms with Crippen molar-refractivity contribution < 1.29 is 13.9 Å². The SMILES string of the molecule is CCOc1cccc2cc(C(C)NC(=O)c3ccc(CN)cc3)oc12. The maximum atomic E-state index is 12.4. The molecule has 5 heteroatoms. The Hall–Kier alpha value is -2.79. The molecule has 2 aromatic carbocycles. The Morgan fingerprint density at radius 1 is 1.24 bits per heavy atom. The van der Waals surface area contributed by atoms with Crippen molar-refractivity contribution in [2.45, 2.75) is 26.4 Å². The van der Waals surface area contributed by atoms with Crippen molar-refractivity contribution >= 4 is 16.9 Å². The molecule has 0 fully saturated rings. The van der Waals surface area contributed by atoms with E-state index < -0.39 is 0 Å². The predicted molar refractivity (Wildman–Crippen MR) is 97.6 cm³/mol. The number of hydrogen-bond acceptors (Lipinski definition) is 4. The molecule has 3 aromatic rings. The number of nitrogens with two attached hydrogens (primary N) is 1. The second-order valence-corrected chi connectivity index (χ2v) is 5.85. The first-order chi connectivity index (χ1) is 12.1. The summed E-state index contributed by atoms with van der Waals surface area (Å²) in [5.41, 5.74) is 7.87. The highest BCUT2D eigenvalue weighted by atomic mass is 16.5. The van der Waals surface area contributed by atoms with Crippen LogP contribution >= 0.6 is 0 Å². The number of amides is 1. The highest BCUT2D eigenvalue weighted by Crippen LogP contribution is 2.31. The molecule has 3 N–H and O–H groups in total. The second-order valence-electron chi connectivity index (χ2n) is 5.85. The summed E-state index contributed by atoms with van der Waals surface area (Å²) in [6.07, 6.45) is 0. The van der Waals surface area contributed by atoms with Gasteiger partial charge in [-0.05, 0) is 43.7 Å². The van der Waals surface area contributed by atoms with Crippen molar-refractivity contribution in [3.05, 3.63) is 65.4 Å². The van der Waals surface area contributed by atoms with Gasteiger partial charge in [-0.1, -0.05) is 24.3 Å². The van der Waals surface area contributed by atoms with Crippen molar-refractivity contribution in [2.75, 3.05) is 6.61 Å². The fourth-order valence-corrected chi connectivity index (χ4v) is 2.68. The van der Waals surface area contributed by atoms with Crippen LogP contribution in [0.25, 0.3) is 11.0 Å². The van der Waals surface area contributed by atoms with Crippen molar-refractivity contribution in [3.63, 3.8) is 0 Å². The Morgan fingerprint density at radius 2 is 2.00 bits per heavy atom. The minimum Gasteiger partial charge on any atom is -0.490 e. The fourth-order valence-electron chi connectivity index (χ4n) is 2.68. The van der Waals surface area contributed by atoms with Gasteiger partial charge in [0.15, 0.2) is 11.3 Å². The molecule has 0 spiro atoms. The van der Waals surface area contributed by atoms with Gasteiger partial charge in [0.05, 0.1) is 12.6 Å². The number of ether oxygens (including phenoxy) is 1. The first-order valence-electron chi connectivity index (χ1n) is 8.37. The maximum absolute atomic E-state index is 12.4. The smallest absolute Gasteiger partial charge is 0.251 e. The fraction of sp³-hybridized carbons (Fsp3) is 0.250. The lowest BCUT2D eigenvalue weighted by Gasteiger charge is -2.11. The van der Waals surface area contributed by atoms with Crippen LogP contribution < -0.4 is 15.8 Å². The van der Waals surface area contributed by atoms with Gasteiger partial charge in [-0.15, -0.1) is 0 Å². The Balaban J connectivity index is 1.78. The van der Waals surface area contributed by atoms with Gasteiger partial charge >= 0.3 is 0 Å². The third-order valence-corrected chi connectivity index (χ3v) is 4.05. The van der Waals surface area contributed by atoms with Crippen LogP contribution in [0.2, 0.25) is 0 Å². The Labute approximate surface area is 146 Å². The van der Waals surface area contributed by atoms with Crippen LogP contribution in [0.1, 0.15) is 41.6 Å². The minimum atomic E-state index is -0.261. The van der Waals surface area contributed by atoms with Gasteiger partial charge in [-0.3, -0.25) is 4.79 Å². The van der Waals surface area contributed by atoms with Crippen LogP contribution in [0.4, 0.5) is 0 Å². The molecular formula is C20H22N2O3. The predicted octanol–water partition coefficient (Wildman–Crippen LogP) is 3.78. The van der Waals surface area contributed by atoms with Crippen molar-refractivity contribution in [1.82, 2.24) is 5.32 Å². The molecule has 5 nitrogen and oxygen atoms in total. The number of benzene rings is 2. The molecule has 0 radical (unpaired) electrons. The number of carbonyl (C=O) groups excluding carboxylic acids is 1. The van der Waals surface area contributed by atoms with Gasteiger partial charge in [0.2, 0.25) is 0 Å². The van der Waals surface area contributed by atoms with Gasteiger partial charge in [0, 0.05) is 17.5 Å². The van der Waals surface area contributed by atoms with Crippen LogP contribution in [-0.2, 0) is 6.54 Å². The normalized spacial score (nSPS) is 12.1. The molecule has 1 aromatic heterocycles. The van der Waals surface area contributed by atoms with Crippen LogP contribution in [0.5, 0.6) is 5.75 Å². The molecule has 0 aliphatic carbocycles. The lowest BCUT2D eigenvalue weighted by molar-refractivity contribution is 0.0935. The van der Waals surface area contributed by atoms with E-state index in [4.69, 9.17) is 14.9 Å². The van der Waals surface area contributed by atoms with Crippen molar-refractivity contribution in [2.24, 2.45) is 5.73 Å². The van der Waals surface area contributed by atoms with E-state index in [1.54, 1.807) is 12.1 Å². The molecular weight excluding hydrogens is 316 g/mol. The summed E-state index contributed by atoms with van der Waals surface area (Å²) in [6.45, 7) is 4.85. The van der Waals surface area contributed by atoms with Gasteiger partial charge in [0.25, 0.3) is 5.91 Å². The summed E-state index contributed by atoms with van der Waals surface area (Å²) in [6, 6.07) is 14.7. The number of carbonyl (C=O) groups is 1. The summed E-state index contributed by atoms with van der Waals surface area (Å²) < 4.78 is 11.5. The number of nitrogens with one attached hydrogen (secondary N) is 1. The third-order valence-electron chi connectivity index (χ3n) is 4.05. The minimum absolute atomic E-state index is 0.151. The van der Waals surface area contributed by atoms with Gasteiger partial charge in [-0.25, -0.2) is 0 Å². The zero-order valence-electron chi connectivity index (χ0n) is 14.4.